The third-order valence-electron chi connectivity index (χ3n) is 5.35. The number of rotatable bonds is 6. The molecule has 1 amide bonds. The molecule has 1 aliphatic rings. The van der Waals surface area contributed by atoms with Crippen molar-refractivity contribution in [3.8, 4) is 5.75 Å². The maximum atomic E-state index is 13.1. The van der Waals surface area contributed by atoms with Gasteiger partial charge < -0.3 is 10.1 Å². The van der Waals surface area contributed by atoms with E-state index in [4.69, 9.17) is 4.74 Å². The molecule has 0 atom stereocenters. The fraction of sp³-hybridized carbons (Fsp3) is 0.333. The van der Waals surface area contributed by atoms with Gasteiger partial charge in [-0.05, 0) is 57.0 Å². The number of carbonyl (C=O) groups excluding carboxylic acids is 1. The summed E-state index contributed by atoms with van der Waals surface area (Å²) in [5, 5.41) is 3.74. The smallest absolute Gasteiger partial charge is 0.274 e. The fourth-order valence-electron chi connectivity index (χ4n) is 3.76. The Bertz CT molecular complexity index is 1230. The molecule has 0 spiro atoms. The summed E-state index contributed by atoms with van der Waals surface area (Å²) in [4.78, 5) is 17.5. The van der Waals surface area contributed by atoms with Crippen LogP contribution in [-0.2, 0) is 10.0 Å². The van der Waals surface area contributed by atoms with Gasteiger partial charge in [-0.1, -0.05) is 30.7 Å². The van der Waals surface area contributed by atoms with E-state index < -0.39 is 15.9 Å². The first-order chi connectivity index (χ1) is 15.3. The Labute approximate surface area is 188 Å². The molecule has 3 aromatic rings. The molecule has 32 heavy (non-hydrogen) atoms. The highest BCUT2D eigenvalue weighted by molar-refractivity contribution is 7.89. The van der Waals surface area contributed by atoms with Crippen molar-refractivity contribution in [1.82, 2.24) is 9.29 Å². The molecule has 1 N–H and O–H groups in total. The second-order valence-corrected chi connectivity index (χ2v) is 10.1. The third kappa shape index (κ3) is 4.76. The van der Waals surface area contributed by atoms with Crippen molar-refractivity contribution in [2.75, 3.05) is 18.4 Å². The third-order valence-corrected chi connectivity index (χ3v) is 7.24. The van der Waals surface area contributed by atoms with Gasteiger partial charge in [-0.15, -0.1) is 0 Å². The molecule has 1 fully saturated rings. The quantitative estimate of drug-likeness (QED) is 0.596. The minimum Gasteiger partial charge on any atom is -0.489 e. The largest absolute Gasteiger partial charge is 0.489 e. The number of nitrogens with zero attached hydrogens (tertiary/aromatic N) is 2. The van der Waals surface area contributed by atoms with E-state index in [1.807, 2.05) is 44.2 Å². The minimum atomic E-state index is -3.65. The number of fused-ring (bicyclic) bond motifs is 1. The summed E-state index contributed by atoms with van der Waals surface area (Å²) >= 11 is 0. The number of piperidine rings is 1. The van der Waals surface area contributed by atoms with Crippen LogP contribution >= 0.6 is 0 Å². The number of pyridine rings is 1. The van der Waals surface area contributed by atoms with Gasteiger partial charge in [-0.25, -0.2) is 13.4 Å². The highest BCUT2D eigenvalue weighted by Crippen LogP contribution is 2.31. The van der Waals surface area contributed by atoms with Gasteiger partial charge in [-0.3, -0.25) is 4.79 Å². The molecular weight excluding hydrogens is 426 g/mol. The van der Waals surface area contributed by atoms with Gasteiger partial charge in [0.05, 0.1) is 22.2 Å². The lowest BCUT2D eigenvalue weighted by molar-refractivity contribution is 0.102. The number of amides is 1. The van der Waals surface area contributed by atoms with Crippen molar-refractivity contribution in [2.24, 2.45) is 0 Å². The summed E-state index contributed by atoms with van der Waals surface area (Å²) in [5.41, 5.74) is 1.25. The number of hydrogen-bond donors (Lipinski definition) is 1. The van der Waals surface area contributed by atoms with Crippen LogP contribution in [0.25, 0.3) is 10.9 Å². The first-order valence-electron chi connectivity index (χ1n) is 10.8. The summed E-state index contributed by atoms with van der Waals surface area (Å²) in [5.74, 6) is -0.0244. The zero-order valence-corrected chi connectivity index (χ0v) is 19.1. The number of hydrogen-bond acceptors (Lipinski definition) is 5. The van der Waals surface area contributed by atoms with Crippen molar-refractivity contribution >= 4 is 32.5 Å². The molecular formula is C24H27N3O4S. The SMILES string of the molecule is CC(C)Oc1ccc(S(=O)(=O)N2CCCCC2)cc1NC(=O)c1ccc2ccccc2n1. The predicted octanol–water partition coefficient (Wildman–Crippen LogP) is 4.45. The van der Waals surface area contributed by atoms with Crippen molar-refractivity contribution in [3.05, 3.63) is 60.3 Å². The molecule has 0 radical (unpaired) electrons. The van der Waals surface area contributed by atoms with Crippen molar-refractivity contribution < 1.29 is 17.9 Å². The van der Waals surface area contributed by atoms with Crippen LogP contribution < -0.4 is 10.1 Å². The molecule has 8 heteroatoms. The summed E-state index contributed by atoms with van der Waals surface area (Å²) < 4.78 is 33.6. The van der Waals surface area contributed by atoms with Crippen molar-refractivity contribution in [3.63, 3.8) is 0 Å². The summed E-state index contributed by atoms with van der Waals surface area (Å²) in [6.45, 7) is 4.76. The lowest BCUT2D eigenvalue weighted by Crippen LogP contribution is -2.35. The molecule has 2 aromatic carbocycles. The van der Waals surface area contributed by atoms with Crippen LogP contribution in [0.1, 0.15) is 43.6 Å². The molecule has 1 saturated heterocycles. The van der Waals surface area contributed by atoms with Gasteiger partial charge >= 0.3 is 0 Å². The minimum absolute atomic E-state index is 0.136. The predicted molar refractivity (Wildman–Crippen MR) is 125 cm³/mol. The number of para-hydroxylation sites is 1. The highest BCUT2D eigenvalue weighted by Gasteiger charge is 2.27. The average Bonchev–Trinajstić information content (AvgIpc) is 2.80. The van der Waals surface area contributed by atoms with Crippen LogP contribution in [0.4, 0.5) is 5.69 Å². The Morgan fingerprint density at radius 2 is 1.78 bits per heavy atom. The Balaban J connectivity index is 1.66. The Hall–Kier alpha value is -2.97. The topological polar surface area (TPSA) is 88.6 Å². The zero-order valence-electron chi connectivity index (χ0n) is 18.2. The van der Waals surface area contributed by atoms with Crippen LogP contribution in [0.15, 0.2) is 59.5 Å². The number of anilines is 1. The van der Waals surface area contributed by atoms with E-state index in [0.29, 0.717) is 30.0 Å². The van der Waals surface area contributed by atoms with Crippen LogP contribution in [0.5, 0.6) is 5.75 Å². The van der Waals surface area contributed by atoms with Crippen molar-refractivity contribution in [2.45, 2.75) is 44.1 Å². The van der Waals surface area contributed by atoms with Crippen molar-refractivity contribution in [1.29, 1.82) is 0 Å². The second-order valence-electron chi connectivity index (χ2n) is 8.13. The van der Waals surface area contributed by atoms with Gasteiger partial charge in [0.25, 0.3) is 5.91 Å². The Kier molecular flexibility index (Phi) is 6.43. The molecule has 0 saturated carbocycles. The van der Waals surface area contributed by atoms with Gasteiger partial charge in [0.2, 0.25) is 10.0 Å². The number of ether oxygens (including phenoxy) is 1. The first-order valence-corrected chi connectivity index (χ1v) is 12.3. The highest BCUT2D eigenvalue weighted by atomic mass is 32.2. The van der Waals surface area contributed by atoms with Gasteiger partial charge in [0.1, 0.15) is 11.4 Å². The maximum absolute atomic E-state index is 13.1. The van der Waals surface area contributed by atoms with E-state index in [1.165, 1.54) is 16.4 Å². The molecule has 2 heterocycles. The van der Waals surface area contributed by atoms with E-state index >= 15 is 0 Å². The van der Waals surface area contributed by atoms with Crippen LogP contribution in [-0.4, -0.2) is 42.8 Å². The number of carbonyl (C=O) groups is 1. The molecule has 1 aromatic heterocycles. The van der Waals surface area contributed by atoms with E-state index in [2.05, 4.69) is 10.3 Å². The molecule has 1 aliphatic heterocycles. The average molecular weight is 454 g/mol. The lowest BCUT2D eigenvalue weighted by atomic mass is 10.2. The second kappa shape index (κ2) is 9.26. The Morgan fingerprint density at radius 3 is 2.53 bits per heavy atom. The lowest BCUT2D eigenvalue weighted by Gasteiger charge is -2.26. The van der Waals surface area contributed by atoms with Crippen LogP contribution in [0, 0.1) is 0 Å². The van der Waals surface area contributed by atoms with E-state index in [0.717, 1.165) is 24.6 Å². The van der Waals surface area contributed by atoms with Gasteiger partial charge in [0.15, 0.2) is 0 Å². The molecule has 4 rings (SSSR count). The van der Waals surface area contributed by atoms with E-state index in [-0.39, 0.29) is 16.7 Å². The van der Waals surface area contributed by atoms with E-state index in [1.54, 1.807) is 12.1 Å². The summed E-state index contributed by atoms with van der Waals surface area (Å²) in [6, 6.07) is 15.6. The zero-order chi connectivity index (χ0) is 22.7. The maximum Gasteiger partial charge on any atom is 0.274 e. The molecule has 7 nitrogen and oxygen atoms in total. The monoisotopic (exact) mass is 453 g/mol. The standard InChI is InChI=1S/C24H27N3O4S/c1-17(2)31-23-13-11-19(32(29,30)27-14-6-3-7-15-27)16-22(23)26-24(28)21-12-10-18-8-4-5-9-20(18)25-21/h4-5,8-13,16-17H,3,6-7,14-15H2,1-2H3,(H,26,28). The number of nitrogens with one attached hydrogen (secondary N) is 1. The van der Waals surface area contributed by atoms with Crippen LogP contribution in [0.3, 0.4) is 0 Å². The summed E-state index contributed by atoms with van der Waals surface area (Å²) in [6.07, 6.45) is 2.59. The molecule has 0 unspecified atom stereocenters. The molecule has 0 aliphatic carbocycles. The fourth-order valence-corrected chi connectivity index (χ4v) is 5.30. The van der Waals surface area contributed by atoms with Gasteiger partial charge in [0, 0.05) is 18.5 Å². The van der Waals surface area contributed by atoms with Gasteiger partial charge in [-0.2, -0.15) is 4.31 Å². The number of aromatic nitrogens is 1. The Morgan fingerprint density at radius 1 is 1.03 bits per heavy atom. The number of benzene rings is 2. The van der Waals surface area contributed by atoms with E-state index in [9.17, 15) is 13.2 Å². The first kappa shape index (κ1) is 22.2. The van der Waals surface area contributed by atoms with Crippen LogP contribution in [0.2, 0.25) is 0 Å². The summed E-state index contributed by atoms with van der Waals surface area (Å²) in [7, 11) is -3.65. The molecule has 0 bridgehead atoms. The number of sulfonamides is 1. The normalized spacial score (nSPS) is 15.1. The molecule has 168 valence electrons.